The normalized spacial score (nSPS) is 23.7. The van der Waals surface area contributed by atoms with Crippen LogP contribution in [0.15, 0.2) is 0 Å². The van der Waals surface area contributed by atoms with Gasteiger partial charge in [0.2, 0.25) is 6.04 Å². The molecule has 0 aromatic heterocycles. The predicted octanol–water partition coefficient (Wildman–Crippen LogP) is -0.890. The Kier molecular flexibility index (Phi) is 6.93. The van der Waals surface area contributed by atoms with Gasteiger partial charge in [0.15, 0.2) is 10.1 Å². The summed E-state index contributed by atoms with van der Waals surface area (Å²) >= 11 is 0. The van der Waals surface area contributed by atoms with Crippen LogP contribution in [-0.4, -0.2) is 49.0 Å². The van der Waals surface area contributed by atoms with Crippen molar-refractivity contribution in [2.24, 2.45) is 0 Å². The molecule has 1 fully saturated rings. The van der Waals surface area contributed by atoms with Crippen LogP contribution >= 0.6 is 0 Å². The van der Waals surface area contributed by atoms with E-state index in [-0.39, 0.29) is 24.6 Å². The Hall–Kier alpha value is -2.88. The van der Waals surface area contributed by atoms with Gasteiger partial charge in [0.05, 0.1) is 18.2 Å². The van der Waals surface area contributed by atoms with Gasteiger partial charge in [0.1, 0.15) is 0 Å². The van der Waals surface area contributed by atoms with E-state index in [2.05, 4.69) is 0 Å². The van der Waals surface area contributed by atoms with Crippen molar-refractivity contribution in [2.75, 3.05) is 6.54 Å². The van der Waals surface area contributed by atoms with Crippen molar-refractivity contribution >= 4 is 0 Å². The lowest BCUT2D eigenvalue weighted by molar-refractivity contribution is -0.755. The van der Waals surface area contributed by atoms with Crippen LogP contribution < -0.4 is 11.0 Å². The molecule has 0 saturated carbocycles. The highest BCUT2D eigenvalue weighted by molar-refractivity contribution is 4.63. The molecule has 2 atom stereocenters. The summed E-state index contributed by atoms with van der Waals surface area (Å²) < 4.78 is 0. The lowest BCUT2D eigenvalue weighted by Gasteiger charge is -2.22. The van der Waals surface area contributed by atoms with Crippen molar-refractivity contribution in [3.63, 3.8) is 0 Å². The van der Waals surface area contributed by atoms with Crippen LogP contribution in [0, 0.1) is 40.5 Å². The summed E-state index contributed by atoms with van der Waals surface area (Å²) in [6.07, 6.45) is -1.45. The molecule has 1 saturated heterocycles. The van der Waals surface area contributed by atoms with E-state index in [1.54, 1.807) is 5.53 Å². The van der Waals surface area contributed by atoms with Crippen molar-refractivity contribution in [1.29, 1.82) is 0 Å². The fourth-order valence-corrected chi connectivity index (χ4v) is 2.10. The first kappa shape index (κ1) is 19.2. The second-order valence-electron chi connectivity index (χ2n) is 4.97. The third-order valence-corrected chi connectivity index (χ3v) is 3.30. The molecule has 136 valence electrons. The number of nitrogens with zero attached hydrogens (tertiary/aromatic N) is 6. The quantitative estimate of drug-likeness (QED) is 0.467. The Bertz CT molecular complexity index is 460. The number of hydrogen-bond acceptors (Lipinski definition) is 10. The van der Waals surface area contributed by atoms with Crippen molar-refractivity contribution in [2.45, 2.75) is 44.3 Å². The van der Waals surface area contributed by atoms with Gasteiger partial charge in [0, 0.05) is 16.3 Å². The lowest BCUT2D eigenvalue weighted by Crippen LogP contribution is -2.63. The van der Waals surface area contributed by atoms with Crippen LogP contribution in [0.1, 0.15) is 32.1 Å². The molecule has 0 aromatic carbocycles. The molecule has 16 heteroatoms. The second-order valence-corrected chi connectivity index (χ2v) is 4.97. The molecule has 0 bridgehead atoms. The molecule has 1 rings (SSSR count). The molecule has 0 aromatic rings. The molecular formula is C8H16N8O8. The predicted molar refractivity (Wildman–Crippen MR) is 73.5 cm³/mol. The smallest absolute Gasteiger partial charge is 0.264 e. The standard InChI is InChI=1S/C8H16N8O8/c17-12(18)7-4-2-1-3-5-11(15(21)22)10-14(16(23)24)9-8(6-7)13(19)20/h7-10H,1-6H2. The fraction of sp³-hybridized carbons (Fsp3) is 1.00. The van der Waals surface area contributed by atoms with Crippen molar-refractivity contribution in [1.82, 2.24) is 21.3 Å². The zero-order valence-corrected chi connectivity index (χ0v) is 12.3. The van der Waals surface area contributed by atoms with Gasteiger partial charge >= 0.3 is 0 Å². The molecule has 2 unspecified atom stereocenters. The third kappa shape index (κ3) is 5.72. The zero-order chi connectivity index (χ0) is 18.3. The molecule has 0 spiro atoms. The SMILES string of the molecule is O=[N+]([O-])C1CCCCCN([N+](=O)[O-])NN([N+](=O)[O-])NC([N+](=O)[O-])C1. The molecule has 16 nitrogen and oxygen atoms in total. The third-order valence-electron chi connectivity index (χ3n) is 3.30. The molecule has 0 amide bonds. The molecular weight excluding hydrogens is 336 g/mol. The highest BCUT2D eigenvalue weighted by Crippen LogP contribution is 2.13. The van der Waals surface area contributed by atoms with Crippen LogP contribution in [0.3, 0.4) is 0 Å². The summed E-state index contributed by atoms with van der Waals surface area (Å²) in [6, 6.07) is -1.26. The zero-order valence-electron chi connectivity index (χ0n) is 12.3. The van der Waals surface area contributed by atoms with Gasteiger partial charge in [-0.3, -0.25) is 20.2 Å². The van der Waals surface area contributed by atoms with E-state index in [4.69, 9.17) is 0 Å². The molecule has 24 heavy (non-hydrogen) atoms. The van der Waals surface area contributed by atoms with Gasteiger partial charge in [-0.1, -0.05) is 11.8 Å². The molecule has 1 heterocycles. The van der Waals surface area contributed by atoms with Crippen LogP contribution in [0.4, 0.5) is 0 Å². The number of nitro groups is 4. The van der Waals surface area contributed by atoms with E-state index in [0.717, 1.165) is 0 Å². The number of hydrazine groups is 5. The van der Waals surface area contributed by atoms with Crippen LogP contribution in [-0.2, 0) is 0 Å². The van der Waals surface area contributed by atoms with Gasteiger partial charge in [-0.25, -0.2) is 20.2 Å². The summed E-state index contributed by atoms with van der Waals surface area (Å²) in [7, 11) is 0. The first-order valence-electron chi connectivity index (χ1n) is 6.88. The summed E-state index contributed by atoms with van der Waals surface area (Å²) in [5.74, 6) is 0. The maximum absolute atomic E-state index is 11.0. The number of rotatable bonds is 4. The van der Waals surface area contributed by atoms with Crippen LogP contribution in [0.5, 0.6) is 0 Å². The Morgan fingerprint density at radius 2 is 1.54 bits per heavy atom. The Morgan fingerprint density at radius 3 is 2.04 bits per heavy atom. The van der Waals surface area contributed by atoms with Crippen molar-refractivity contribution in [3.05, 3.63) is 40.5 Å². The molecule has 1 aliphatic rings. The molecule has 1 aliphatic heterocycles. The fourth-order valence-electron chi connectivity index (χ4n) is 2.10. The van der Waals surface area contributed by atoms with E-state index in [1.807, 2.05) is 5.43 Å². The van der Waals surface area contributed by atoms with Crippen molar-refractivity contribution < 1.29 is 19.9 Å². The monoisotopic (exact) mass is 352 g/mol. The van der Waals surface area contributed by atoms with Gasteiger partial charge in [-0.2, -0.15) is 0 Å². The highest BCUT2D eigenvalue weighted by atomic mass is 16.7. The maximum Gasteiger partial charge on any atom is 0.294 e. The highest BCUT2D eigenvalue weighted by Gasteiger charge is 2.37. The summed E-state index contributed by atoms with van der Waals surface area (Å²) in [4.78, 5) is 42.2. The first-order chi connectivity index (χ1) is 11.2. The summed E-state index contributed by atoms with van der Waals surface area (Å²) in [5.41, 5.74) is 3.60. The van der Waals surface area contributed by atoms with E-state index in [0.29, 0.717) is 18.0 Å². The Morgan fingerprint density at radius 1 is 0.875 bits per heavy atom. The average Bonchev–Trinajstić information content (AvgIpc) is 2.46. The molecule has 0 radical (unpaired) electrons. The largest absolute Gasteiger partial charge is 0.294 e. The minimum atomic E-state index is -1.87. The Labute approximate surface area is 133 Å². The van der Waals surface area contributed by atoms with Crippen LogP contribution in [0.2, 0.25) is 0 Å². The Balaban J connectivity index is 3.01. The van der Waals surface area contributed by atoms with E-state index < -0.39 is 38.5 Å². The van der Waals surface area contributed by atoms with E-state index >= 15 is 0 Å². The topological polar surface area (TPSA) is 203 Å². The van der Waals surface area contributed by atoms with E-state index in [9.17, 15) is 40.5 Å². The first-order valence-corrected chi connectivity index (χ1v) is 6.88. The lowest BCUT2D eigenvalue weighted by atomic mass is 10.0. The summed E-state index contributed by atoms with van der Waals surface area (Å²) in [5, 5.41) is 41.8. The van der Waals surface area contributed by atoms with Gasteiger partial charge < -0.3 is 0 Å². The van der Waals surface area contributed by atoms with E-state index in [1.165, 1.54) is 0 Å². The number of nitrogens with one attached hydrogen (secondary N) is 2. The molecule has 0 aliphatic carbocycles. The van der Waals surface area contributed by atoms with Gasteiger partial charge in [0.25, 0.3) is 6.17 Å². The maximum atomic E-state index is 11.0. The number of hydrogen-bond donors (Lipinski definition) is 2. The minimum Gasteiger partial charge on any atom is -0.264 e. The average molecular weight is 352 g/mol. The van der Waals surface area contributed by atoms with Crippen LogP contribution in [0.25, 0.3) is 0 Å². The molecule has 2 N–H and O–H groups in total. The van der Waals surface area contributed by atoms with Gasteiger partial charge in [-0.05, 0) is 23.5 Å². The summed E-state index contributed by atoms with van der Waals surface area (Å²) in [6.45, 7) is -0.231. The van der Waals surface area contributed by atoms with Crippen molar-refractivity contribution in [3.8, 4) is 0 Å². The van der Waals surface area contributed by atoms with Gasteiger partial charge in [-0.15, -0.1) is 0 Å². The minimum absolute atomic E-state index is 0.0311. The second kappa shape index (κ2) is 8.67.